The van der Waals surface area contributed by atoms with Gasteiger partial charge in [0.2, 0.25) is 0 Å². The molecule has 0 radical (unpaired) electrons. The fourth-order valence-electron chi connectivity index (χ4n) is 3.69. The molecule has 1 heterocycles. The monoisotopic (exact) mass is 307 g/mol. The third-order valence-corrected chi connectivity index (χ3v) is 6.38. The van der Waals surface area contributed by atoms with Crippen LogP contribution in [0.4, 0.5) is 0 Å². The first kappa shape index (κ1) is 17.0. The molecule has 2 heteroatoms. The summed E-state index contributed by atoms with van der Waals surface area (Å²) in [7, 11) is 0. The molecule has 1 fully saturated rings. The number of hydrogen-bond donors (Lipinski definition) is 1. The van der Waals surface area contributed by atoms with Crippen LogP contribution in [0.5, 0.6) is 0 Å². The van der Waals surface area contributed by atoms with E-state index < -0.39 is 0 Å². The Morgan fingerprint density at radius 1 is 1.10 bits per heavy atom. The summed E-state index contributed by atoms with van der Waals surface area (Å²) in [6, 6.07) is 5.32. The van der Waals surface area contributed by atoms with Gasteiger partial charge in [-0.05, 0) is 62.6 Å². The van der Waals surface area contributed by atoms with E-state index in [0.29, 0.717) is 11.5 Å². The second-order valence-corrected chi connectivity index (χ2v) is 8.39. The molecule has 0 unspecified atom stereocenters. The largest absolute Gasteiger partial charge is 0.315 e. The number of nitrogens with one attached hydrogen (secondary N) is 1. The maximum atomic E-state index is 3.63. The van der Waals surface area contributed by atoms with Crippen molar-refractivity contribution in [2.45, 2.75) is 84.6 Å². The van der Waals surface area contributed by atoms with Crippen LogP contribution in [0.1, 0.15) is 75.5 Å². The zero-order chi connectivity index (χ0) is 15.1. The van der Waals surface area contributed by atoms with Crippen molar-refractivity contribution in [3.8, 4) is 0 Å². The quantitative estimate of drug-likeness (QED) is 0.661. The molecule has 0 atom stereocenters. The van der Waals surface area contributed by atoms with Crippen LogP contribution in [-0.4, -0.2) is 12.6 Å². The molecule has 21 heavy (non-hydrogen) atoms. The number of aryl methyl sites for hydroxylation is 2. The van der Waals surface area contributed by atoms with Gasteiger partial charge in [0.25, 0.3) is 0 Å². The van der Waals surface area contributed by atoms with Crippen molar-refractivity contribution in [1.82, 2.24) is 5.32 Å². The molecule has 0 saturated heterocycles. The fourth-order valence-corrected chi connectivity index (χ4v) is 4.65. The minimum absolute atomic E-state index is 0.620. The van der Waals surface area contributed by atoms with E-state index >= 15 is 0 Å². The highest BCUT2D eigenvalue weighted by Crippen LogP contribution is 2.43. The number of rotatable bonds is 8. The Balaban J connectivity index is 1.88. The van der Waals surface area contributed by atoms with Crippen molar-refractivity contribution in [3.05, 3.63) is 21.9 Å². The highest BCUT2D eigenvalue weighted by atomic mass is 32.1. The van der Waals surface area contributed by atoms with E-state index in [2.05, 4.69) is 38.2 Å². The highest BCUT2D eigenvalue weighted by Gasteiger charge is 2.31. The molecular formula is C19H33NS. The van der Waals surface area contributed by atoms with E-state index in [9.17, 15) is 0 Å². The van der Waals surface area contributed by atoms with Crippen LogP contribution in [0.2, 0.25) is 0 Å². The van der Waals surface area contributed by atoms with Crippen molar-refractivity contribution in [2.75, 3.05) is 6.54 Å². The summed E-state index contributed by atoms with van der Waals surface area (Å²) in [5.74, 6) is 0. The second-order valence-electron chi connectivity index (χ2n) is 7.14. The minimum Gasteiger partial charge on any atom is -0.315 e. The van der Waals surface area contributed by atoms with Crippen LogP contribution in [-0.2, 0) is 12.8 Å². The molecule has 0 amide bonds. The molecule has 1 aliphatic carbocycles. The molecule has 1 nitrogen and oxygen atoms in total. The Hall–Kier alpha value is -0.340. The van der Waals surface area contributed by atoms with E-state index in [1.165, 1.54) is 64.3 Å². The van der Waals surface area contributed by atoms with E-state index in [1.54, 1.807) is 9.75 Å². The predicted molar refractivity (Wildman–Crippen MR) is 95.3 cm³/mol. The standard InChI is InChI=1S/C19H33NS/c1-4-17-8-9-18(21-17)10-13-19(11-6-5-7-12-19)14-15-20-16(2)3/h8-9,16,20H,4-7,10-15H2,1-3H3. The van der Waals surface area contributed by atoms with Crippen LogP contribution >= 0.6 is 11.3 Å². The second kappa shape index (κ2) is 8.33. The van der Waals surface area contributed by atoms with E-state index in [0.717, 1.165) is 0 Å². The molecule has 0 spiro atoms. The van der Waals surface area contributed by atoms with Crippen LogP contribution in [0, 0.1) is 5.41 Å². The molecule has 1 aromatic heterocycles. The molecule has 0 aliphatic heterocycles. The molecular weight excluding hydrogens is 274 g/mol. The van der Waals surface area contributed by atoms with Crippen molar-refractivity contribution in [1.29, 1.82) is 0 Å². The first-order valence-electron chi connectivity index (χ1n) is 8.94. The summed E-state index contributed by atoms with van der Waals surface area (Å²) in [6.45, 7) is 7.97. The predicted octanol–water partition coefficient (Wildman–Crippen LogP) is 5.58. The Bertz CT molecular complexity index is 401. The smallest absolute Gasteiger partial charge is 0.00483 e. The molecule has 1 N–H and O–H groups in total. The van der Waals surface area contributed by atoms with Gasteiger partial charge < -0.3 is 5.32 Å². The van der Waals surface area contributed by atoms with Crippen molar-refractivity contribution in [2.24, 2.45) is 5.41 Å². The highest BCUT2D eigenvalue weighted by molar-refractivity contribution is 7.11. The molecule has 0 aromatic carbocycles. The third-order valence-electron chi connectivity index (χ3n) is 5.09. The average molecular weight is 308 g/mol. The topological polar surface area (TPSA) is 12.0 Å². The zero-order valence-corrected chi connectivity index (χ0v) is 15.0. The van der Waals surface area contributed by atoms with Crippen LogP contribution in [0.15, 0.2) is 12.1 Å². The lowest BCUT2D eigenvalue weighted by atomic mass is 9.69. The SMILES string of the molecule is CCc1ccc(CCC2(CCNC(C)C)CCCCC2)s1. The lowest BCUT2D eigenvalue weighted by Crippen LogP contribution is -2.32. The van der Waals surface area contributed by atoms with Gasteiger partial charge in [-0.25, -0.2) is 0 Å². The average Bonchev–Trinajstić information content (AvgIpc) is 2.94. The fraction of sp³-hybridized carbons (Fsp3) is 0.789. The Labute approximate surface area is 135 Å². The molecule has 2 rings (SSSR count). The van der Waals surface area contributed by atoms with Gasteiger partial charge in [0, 0.05) is 15.8 Å². The molecule has 1 saturated carbocycles. The summed E-state index contributed by atoms with van der Waals surface area (Å²) < 4.78 is 0. The lowest BCUT2D eigenvalue weighted by molar-refractivity contribution is 0.156. The number of thiophene rings is 1. The normalized spacial score (nSPS) is 18.3. The molecule has 1 aliphatic rings. The summed E-state index contributed by atoms with van der Waals surface area (Å²) >= 11 is 2.03. The van der Waals surface area contributed by atoms with E-state index in [4.69, 9.17) is 0 Å². The lowest BCUT2D eigenvalue weighted by Gasteiger charge is -2.38. The van der Waals surface area contributed by atoms with Gasteiger partial charge in [0.1, 0.15) is 0 Å². The van der Waals surface area contributed by atoms with Crippen molar-refractivity contribution < 1.29 is 0 Å². The Kier molecular flexibility index (Phi) is 6.75. The first-order valence-corrected chi connectivity index (χ1v) is 9.76. The van der Waals surface area contributed by atoms with Gasteiger partial charge >= 0.3 is 0 Å². The number of hydrogen-bond acceptors (Lipinski definition) is 2. The van der Waals surface area contributed by atoms with Crippen molar-refractivity contribution in [3.63, 3.8) is 0 Å². The minimum atomic E-state index is 0.620. The van der Waals surface area contributed by atoms with Gasteiger partial charge in [-0.2, -0.15) is 0 Å². The van der Waals surface area contributed by atoms with Crippen LogP contribution in [0.25, 0.3) is 0 Å². The van der Waals surface area contributed by atoms with Gasteiger partial charge in [-0.3, -0.25) is 0 Å². The van der Waals surface area contributed by atoms with Gasteiger partial charge in [0.05, 0.1) is 0 Å². The summed E-state index contributed by atoms with van der Waals surface area (Å²) in [5, 5.41) is 3.63. The van der Waals surface area contributed by atoms with Crippen molar-refractivity contribution >= 4 is 11.3 Å². The summed E-state index contributed by atoms with van der Waals surface area (Å²) in [4.78, 5) is 3.15. The van der Waals surface area contributed by atoms with E-state index in [1.807, 2.05) is 11.3 Å². The molecule has 0 bridgehead atoms. The van der Waals surface area contributed by atoms with Crippen LogP contribution < -0.4 is 5.32 Å². The Morgan fingerprint density at radius 2 is 1.81 bits per heavy atom. The van der Waals surface area contributed by atoms with Gasteiger partial charge in [-0.15, -0.1) is 11.3 Å². The summed E-state index contributed by atoms with van der Waals surface area (Å²) in [6.07, 6.45) is 12.5. The van der Waals surface area contributed by atoms with Gasteiger partial charge in [0.15, 0.2) is 0 Å². The Morgan fingerprint density at radius 3 is 2.43 bits per heavy atom. The third kappa shape index (κ3) is 5.41. The molecule has 1 aromatic rings. The van der Waals surface area contributed by atoms with Gasteiger partial charge in [-0.1, -0.05) is 40.0 Å². The maximum Gasteiger partial charge on any atom is 0.00483 e. The maximum absolute atomic E-state index is 3.63. The van der Waals surface area contributed by atoms with E-state index in [-0.39, 0.29) is 0 Å². The summed E-state index contributed by atoms with van der Waals surface area (Å²) in [5.41, 5.74) is 0.622. The zero-order valence-electron chi connectivity index (χ0n) is 14.2. The molecule has 120 valence electrons. The first-order chi connectivity index (χ1) is 10.1. The van der Waals surface area contributed by atoms with Crippen LogP contribution in [0.3, 0.4) is 0 Å².